The van der Waals surface area contributed by atoms with Crippen molar-refractivity contribution in [2.45, 2.75) is 110 Å². The highest BCUT2D eigenvalue weighted by atomic mass is 16.5. The summed E-state index contributed by atoms with van der Waals surface area (Å²) in [6, 6.07) is 0. The predicted molar refractivity (Wildman–Crippen MR) is 124 cm³/mol. The molecular formula is C26H43N3O2. The first-order valence-electron chi connectivity index (χ1n) is 13.0. The standard InChI is InChI=1S/C26H43N3O2/c1-24-13-10-20(30)18-19(24)8-9-22-21(24)11-14-26(3)23(12-15-25(22,26)2)31-17-7-5-4-6-16-28-29-27/h19,21-23H,4-18H2,1-3H3/t19-,21-,22+,23-,24-,25-,26+/m0/s1. The van der Waals surface area contributed by atoms with Gasteiger partial charge in [-0.25, -0.2) is 0 Å². The zero-order chi connectivity index (χ0) is 22.1. The van der Waals surface area contributed by atoms with E-state index in [0.29, 0.717) is 40.6 Å². The number of carbonyl (C=O) groups excluding carboxylic acids is 1. The molecule has 31 heavy (non-hydrogen) atoms. The molecule has 4 rings (SSSR count). The molecule has 4 fully saturated rings. The number of ether oxygens (including phenoxy) is 1. The van der Waals surface area contributed by atoms with Crippen LogP contribution in [-0.2, 0) is 9.53 Å². The molecular weight excluding hydrogens is 386 g/mol. The number of hydrogen-bond acceptors (Lipinski definition) is 3. The third kappa shape index (κ3) is 3.95. The Morgan fingerprint density at radius 3 is 2.55 bits per heavy atom. The molecule has 5 nitrogen and oxygen atoms in total. The Kier molecular flexibility index (Phi) is 6.75. The van der Waals surface area contributed by atoms with Crippen LogP contribution in [0.3, 0.4) is 0 Å². The molecule has 7 atom stereocenters. The van der Waals surface area contributed by atoms with Crippen molar-refractivity contribution >= 4 is 5.78 Å². The van der Waals surface area contributed by atoms with Crippen molar-refractivity contribution in [2.75, 3.05) is 13.2 Å². The van der Waals surface area contributed by atoms with Crippen molar-refractivity contribution in [3.05, 3.63) is 10.4 Å². The summed E-state index contributed by atoms with van der Waals surface area (Å²) in [7, 11) is 0. The zero-order valence-electron chi connectivity index (χ0n) is 20.1. The molecule has 0 aliphatic heterocycles. The topological polar surface area (TPSA) is 75.1 Å². The van der Waals surface area contributed by atoms with Gasteiger partial charge in [0.1, 0.15) is 5.78 Å². The minimum absolute atomic E-state index is 0.295. The lowest BCUT2D eigenvalue weighted by Crippen LogP contribution is -2.58. The second-order valence-corrected chi connectivity index (χ2v) is 11.9. The van der Waals surface area contributed by atoms with Crippen molar-refractivity contribution < 1.29 is 9.53 Å². The Morgan fingerprint density at radius 2 is 1.74 bits per heavy atom. The van der Waals surface area contributed by atoms with Crippen LogP contribution in [0, 0.1) is 34.0 Å². The largest absolute Gasteiger partial charge is 0.378 e. The van der Waals surface area contributed by atoms with Gasteiger partial charge in [0.15, 0.2) is 0 Å². The van der Waals surface area contributed by atoms with E-state index in [1.54, 1.807) is 0 Å². The number of fused-ring (bicyclic) bond motifs is 5. The summed E-state index contributed by atoms with van der Waals surface area (Å²) >= 11 is 0. The number of carbonyl (C=O) groups is 1. The molecule has 0 unspecified atom stereocenters. The van der Waals surface area contributed by atoms with Crippen LogP contribution in [0.5, 0.6) is 0 Å². The van der Waals surface area contributed by atoms with Crippen LogP contribution in [0.4, 0.5) is 0 Å². The van der Waals surface area contributed by atoms with Crippen molar-refractivity contribution in [3.63, 3.8) is 0 Å². The second-order valence-electron chi connectivity index (χ2n) is 11.9. The highest BCUT2D eigenvalue weighted by Gasteiger charge is 2.65. The molecule has 0 radical (unpaired) electrons. The fraction of sp³-hybridized carbons (Fsp3) is 0.962. The van der Waals surface area contributed by atoms with Crippen molar-refractivity contribution in [1.29, 1.82) is 0 Å². The van der Waals surface area contributed by atoms with E-state index in [2.05, 4.69) is 30.8 Å². The maximum Gasteiger partial charge on any atom is 0.133 e. The van der Waals surface area contributed by atoms with Crippen LogP contribution in [0.2, 0.25) is 0 Å². The molecule has 0 aromatic carbocycles. The van der Waals surface area contributed by atoms with E-state index in [4.69, 9.17) is 10.3 Å². The van der Waals surface area contributed by atoms with Gasteiger partial charge in [-0.15, -0.1) is 0 Å². The highest BCUT2D eigenvalue weighted by Crippen LogP contribution is 2.71. The molecule has 0 amide bonds. The van der Waals surface area contributed by atoms with E-state index in [1.807, 2.05) is 0 Å². The van der Waals surface area contributed by atoms with E-state index in [1.165, 1.54) is 38.5 Å². The highest BCUT2D eigenvalue weighted by molar-refractivity contribution is 5.79. The number of rotatable bonds is 8. The van der Waals surface area contributed by atoms with Crippen LogP contribution < -0.4 is 0 Å². The first-order valence-corrected chi connectivity index (χ1v) is 13.0. The molecule has 0 heterocycles. The van der Waals surface area contributed by atoms with Crippen LogP contribution in [0.1, 0.15) is 104 Å². The van der Waals surface area contributed by atoms with Gasteiger partial charge in [-0.1, -0.05) is 38.7 Å². The van der Waals surface area contributed by atoms with Crippen LogP contribution in [0.25, 0.3) is 10.4 Å². The normalized spacial score (nSPS) is 44.2. The minimum Gasteiger partial charge on any atom is -0.378 e. The molecule has 0 spiro atoms. The van der Waals surface area contributed by atoms with Gasteiger partial charge in [0.2, 0.25) is 0 Å². The quantitative estimate of drug-likeness (QED) is 0.176. The number of azide groups is 1. The molecule has 4 aliphatic rings. The lowest BCUT2D eigenvalue weighted by molar-refractivity contribution is -0.172. The SMILES string of the molecule is C[C@]12CCC(=O)C[C@@H]1CC[C@@H]1[C@@H]2CC[C@]2(C)[C@@H](OCCCCCCN=[N+]=[N-])CC[C@@]12C. The van der Waals surface area contributed by atoms with Gasteiger partial charge in [-0.3, -0.25) is 4.79 Å². The number of Topliss-reactive ketones (excluding diaryl/α,β-unsaturated/α-hetero) is 1. The van der Waals surface area contributed by atoms with Gasteiger partial charge >= 0.3 is 0 Å². The third-order valence-electron chi connectivity index (χ3n) is 10.8. The van der Waals surface area contributed by atoms with E-state index >= 15 is 0 Å². The van der Waals surface area contributed by atoms with Crippen molar-refractivity contribution in [2.24, 2.45) is 39.1 Å². The predicted octanol–water partition coefficient (Wildman–Crippen LogP) is 7.24. The summed E-state index contributed by atoms with van der Waals surface area (Å²) in [5.41, 5.74) is 9.41. The van der Waals surface area contributed by atoms with E-state index in [9.17, 15) is 4.79 Å². The lowest BCUT2D eigenvalue weighted by Gasteiger charge is -2.64. The first kappa shape index (κ1) is 23.1. The lowest BCUT2D eigenvalue weighted by atomic mass is 9.41. The Morgan fingerprint density at radius 1 is 0.968 bits per heavy atom. The second kappa shape index (κ2) is 9.06. The van der Waals surface area contributed by atoms with E-state index in [-0.39, 0.29) is 0 Å². The summed E-state index contributed by atoms with van der Waals surface area (Å²) in [6.45, 7) is 9.17. The van der Waals surface area contributed by atoms with Gasteiger partial charge in [0.25, 0.3) is 0 Å². The fourth-order valence-electron chi connectivity index (χ4n) is 8.57. The number of nitrogens with zero attached hydrogens (tertiary/aromatic N) is 3. The number of ketones is 1. The molecule has 0 bridgehead atoms. The Labute approximate surface area is 188 Å². The average Bonchev–Trinajstić information content (AvgIpc) is 3.01. The van der Waals surface area contributed by atoms with Crippen LogP contribution in [-0.4, -0.2) is 25.0 Å². The van der Waals surface area contributed by atoms with E-state index in [0.717, 1.165) is 63.4 Å². The summed E-state index contributed by atoms with van der Waals surface area (Å²) in [4.78, 5) is 15.0. The van der Waals surface area contributed by atoms with Crippen molar-refractivity contribution in [3.8, 4) is 0 Å². The van der Waals surface area contributed by atoms with Crippen LogP contribution >= 0.6 is 0 Å². The molecule has 4 saturated carbocycles. The van der Waals surface area contributed by atoms with E-state index < -0.39 is 0 Å². The Hall–Kier alpha value is -1.06. The number of unbranched alkanes of at least 4 members (excludes halogenated alkanes) is 3. The maximum absolute atomic E-state index is 12.1. The summed E-state index contributed by atoms with van der Waals surface area (Å²) < 4.78 is 6.57. The van der Waals surface area contributed by atoms with Crippen LogP contribution in [0.15, 0.2) is 5.11 Å². The van der Waals surface area contributed by atoms with Crippen molar-refractivity contribution in [1.82, 2.24) is 0 Å². The Bertz CT molecular complexity index is 719. The smallest absolute Gasteiger partial charge is 0.133 e. The molecule has 5 heteroatoms. The van der Waals surface area contributed by atoms with Gasteiger partial charge in [-0.05, 0) is 97.3 Å². The molecule has 0 aromatic rings. The van der Waals surface area contributed by atoms with Gasteiger partial charge in [0.05, 0.1) is 6.10 Å². The molecule has 0 N–H and O–H groups in total. The first-order chi connectivity index (χ1) is 14.8. The monoisotopic (exact) mass is 429 g/mol. The molecule has 4 aliphatic carbocycles. The fourth-order valence-corrected chi connectivity index (χ4v) is 8.57. The van der Waals surface area contributed by atoms with Gasteiger partial charge in [0, 0.05) is 30.9 Å². The maximum atomic E-state index is 12.1. The zero-order valence-corrected chi connectivity index (χ0v) is 20.1. The third-order valence-corrected chi connectivity index (χ3v) is 10.8. The molecule has 174 valence electrons. The van der Waals surface area contributed by atoms with Gasteiger partial charge in [-0.2, -0.15) is 0 Å². The average molecular weight is 430 g/mol. The number of hydrogen-bond donors (Lipinski definition) is 0. The summed E-state index contributed by atoms with van der Waals surface area (Å²) in [5, 5.41) is 3.61. The summed E-state index contributed by atoms with van der Waals surface area (Å²) in [5.74, 6) is 2.75. The minimum atomic E-state index is 0.295. The summed E-state index contributed by atoms with van der Waals surface area (Å²) in [6.07, 6.45) is 15.3. The van der Waals surface area contributed by atoms with Gasteiger partial charge < -0.3 is 4.74 Å². The molecule has 0 saturated heterocycles. The molecule has 0 aromatic heterocycles. The Balaban J connectivity index is 1.36.